The Hall–Kier alpha value is -13.9. The second-order valence-electron chi connectivity index (χ2n) is 25.7. The van der Waals surface area contributed by atoms with Crippen molar-refractivity contribution < 1.29 is 8.83 Å². The standard InChI is InChI=1S/C47H30N4O.C31H20ClN3O.C16H11N/c48-46(30-15-3-1-4-16-30)50-47(31-17-5-2-6-18-31)49-29-39-43-37-24-12-14-26-42(37)52-45(43)36-23-10-9-22-35(36)44(39)51-40-25-13-11-21-34(40)38-27-32-19-7-8-20-33(32)28-41(38)51;32-28-22-15-7-8-16-23(22)29-27(24-17-9-10-18-26(24)36-29)25(28)19-34-31(21-13-5-2-6-14-21)35-30(33)20-11-3-1-4-12-20;1-2-6-12-10-16-14(9-11(12)5-1)13-7-3-4-8-15(13)17-16/h1-29,48H;1-19,33H;1-10,17H. The van der Waals surface area contributed by atoms with Gasteiger partial charge >= 0.3 is 0 Å². The van der Waals surface area contributed by atoms with E-state index in [9.17, 15) is 0 Å². The number of furan rings is 2. The van der Waals surface area contributed by atoms with Crippen molar-refractivity contribution in [2.75, 3.05) is 0 Å². The molecule has 105 heavy (non-hydrogen) atoms. The molecule has 0 bridgehead atoms. The molecule has 0 spiro atoms. The van der Waals surface area contributed by atoms with Gasteiger partial charge in [0, 0.05) is 121 Å². The monoisotopic (exact) mass is 1370 g/mol. The number of rotatable bonds is 7. The average Bonchev–Trinajstić information content (AvgIpc) is 1.58. The van der Waals surface area contributed by atoms with E-state index >= 15 is 0 Å². The number of hydrogen-bond acceptors (Lipinski definition) is 4. The summed E-state index contributed by atoms with van der Waals surface area (Å²) in [6.07, 6.45) is 3.67. The van der Waals surface area contributed by atoms with E-state index in [0.717, 1.165) is 110 Å². The third-order valence-electron chi connectivity index (χ3n) is 19.4. The van der Waals surface area contributed by atoms with E-state index in [1.807, 2.05) is 188 Å². The zero-order valence-electron chi connectivity index (χ0n) is 56.4. The van der Waals surface area contributed by atoms with E-state index in [1.54, 1.807) is 6.21 Å². The first-order valence-corrected chi connectivity index (χ1v) is 35.1. The van der Waals surface area contributed by atoms with Crippen molar-refractivity contribution in [1.29, 1.82) is 10.8 Å². The highest BCUT2D eigenvalue weighted by Gasteiger charge is 2.25. The molecule has 11 heteroatoms. The number of halogens is 1. The zero-order chi connectivity index (χ0) is 70.3. The van der Waals surface area contributed by atoms with E-state index in [1.165, 1.54) is 54.1 Å². The third-order valence-corrected chi connectivity index (χ3v) is 19.8. The van der Waals surface area contributed by atoms with E-state index in [4.69, 9.17) is 46.2 Å². The molecule has 0 aliphatic rings. The van der Waals surface area contributed by atoms with E-state index < -0.39 is 0 Å². The fourth-order valence-electron chi connectivity index (χ4n) is 14.5. The summed E-state index contributed by atoms with van der Waals surface area (Å²) in [4.78, 5) is 22.9. The third kappa shape index (κ3) is 11.7. The van der Waals surface area contributed by atoms with Crippen LogP contribution in [-0.2, 0) is 0 Å². The van der Waals surface area contributed by atoms with E-state index in [2.05, 4.69) is 172 Å². The largest absolute Gasteiger partial charge is 0.455 e. The minimum absolute atomic E-state index is 0.134. The van der Waals surface area contributed by atoms with Gasteiger partial charge in [-0.3, -0.25) is 10.8 Å². The molecule has 0 aliphatic heterocycles. The molecule has 0 aliphatic carbocycles. The van der Waals surface area contributed by atoms with E-state index in [-0.39, 0.29) is 11.7 Å². The van der Waals surface area contributed by atoms with Crippen LogP contribution in [-0.4, -0.2) is 45.3 Å². The molecule has 16 aromatic carbocycles. The Bertz CT molecular complexity index is 6940. The Morgan fingerprint density at radius 1 is 0.324 bits per heavy atom. The molecule has 0 saturated carbocycles. The van der Waals surface area contributed by atoms with Crippen LogP contribution >= 0.6 is 11.6 Å². The molecule has 20 aromatic rings. The van der Waals surface area contributed by atoms with Crippen LogP contribution in [0.3, 0.4) is 0 Å². The molecule has 0 fully saturated rings. The van der Waals surface area contributed by atoms with Crippen molar-refractivity contribution in [3.8, 4) is 5.69 Å². The highest BCUT2D eigenvalue weighted by molar-refractivity contribution is 6.42. The van der Waals surface area contributed by atoms with Crippen molar-refractivity contribution >= 4 is 178 Å². The zero-order valence-corrected chi connectivity index (χ0v) is 57.2. The predicted molar refractivity (Wildman–Crippen MR) is 440 cm³/mol. The van der Waals surface area contributed by atoms with Gasteiger partial charge in [-0.05, 0) is 70.1 Å². The first-order valence-electron chi connectivity index (χ1n) is 34.7. The number of H-pyrrole nitrogens is 1. The molecule has 10 nitrogen and oxygen atoms in total. The maximum atomic E-state index is 8.94. The van der Waals surface area contributed by atoms with Crippen molar-refractivity contribution in [3.05, 3.63) is 378 Å². The van der Waals surface area contributed by atoms with Crippen LogP contribution in [0.15, 0.2) is 369 Å². The second-order valence-corrected chi connectivity index (χ2v) is 26.1. The van der Waals surface area contributed by atoms with Gasteiger partial charge in [0.25, 0.3) is 0 Å². The Morgan fingerprint density at radius 3 is 1.27 bits per heavy atom. The molecule has 496 valence electrons. The van der Waals surface area contributed by atoms with Crippen LogP contribution in [0.2, 0.25) is 5.02 Å². The second kappa shape index (κ2) is 27.2. The molecule has 4 heterocycles. The minimum Gasteiger partial charge on any atom is -0.455 e. The number of fused-ring (bicyclic) bond motifs is 18. The molecule has 0 unspecified atom stereocenters. The van der Waals surface area contributed by atoms with Crippen LogP contribution in [0, 0.1) is 10.8 Å². The first-order chi connectivity index (χ1) is 51.8. The summed E-state index contributed by atoms with van der Waals surface area (Å²) < 4.78 is 15.4. The summed E-state index contributed by atoms with van der Waals surface area (Å²) in [5, 5.41) is 35.8. The number of aromatic nitrogens is 2. The topological polar surface area (TPSA) is 144 Å². The summed E-state index contributed by atoms with van der Waals surface area (Å²) in [5.74, 6) is 1.15. The van der Waals surface area contributed by atoms with Gasteiger partial charge in [-0.2, -0.15) is 0 Å². The van der Waals surface area contributed by atoms with Crippen LogP contribution in [0.25, 0.3) is 136 Å². The number of nitrogens with zero attached hydrogens (tertiary/aromatic N) is 5. The molecule has 0 radical (unpaired) electrons. The normalized spacial score (nSPS) is 12.2. The van der Waals surface area contributed by atoms with Gasteiger partial charge in [0.2, 0.25) is 0 Å². The average molecular weight is 1370 g/mol. The molecule has 3 N–H and O–H groups in total. The lowest BCUT2D eigenvalue weighted by molar-refractivity contribution is 0.672. The fraction of sp³-hybridized carbons (Fsp3) is 0. The van der Waals surface area contributed by atoms with Crippen molar-refractivity contribution in [2.24, 2.45) is 20.0 Å². The first kappa shape index (κ1) is 63.3. The van der Waals surface area contributed by atoms with Crippen LogP contribution < -0.4 is 0 Å². The summed E-state index contributed by atoms with van der Waals surface area (Å²) >= 11 is 6.99. The lowest BCUT2D eigenvalue weighted by atomic mass is 9.97. The van der Waals surface area contributed by atoms with Crippen LogP contribution in [0.4, 0.5) is 0 Å². The molecule has 0 amide bonds. The van der Waals surface area contributed by atoms with Crippen molar-refractivity contribution in [2.45, 2.75) is 0 Å². The maximum Gasteiger partial charge on any atom is 0.161 e. The Morgan fingerprint density at radius 2 is 0.714 bits per heavy atom. The van der Waals surface area contributed by atoms with Gasteiger partial charge < -0.3 is 18.4 Å². The smallest absolute Gasteiger partial charge is 0.161 e. The minimum atomic E-state index is 0.134. The number of hydrogen-bond donors (Lipinski definition) is 3. The Kier molecular flexibility index (Phi) is 16.4. The van der Waals surface area contributed by atoms with Crippen molar-refractivity contribution in [3.63, 3.8) is 0 Å². The highest BCUT2D eigenvalue weighted by atomic mass is 35.5. The van der Waals surface area contributed by atoms with Crippen LogP contribution in [0.5, 0.6) is 0 Å². The van der Waals surface area contributed by atoms with Gasteiger partial charge in [-0.1, -0.05) is 303 Å². The lowest BCUT2D eigenvalue weighted by Gasteiger charge is -2.17. The summed E-state index contributed by atoms with van der Waals surface area (Å²) in [6.45, 7) is 0. The van der Waals surface area contributed by atoms with Gasteiger partial charge in [-0.25, -0.2) is 20.0 Å². The quantitative estimate of drug-likeness (QED) is 0.108. The molecular weight excluding hydrogens is 1310 g/mol. The SMILES string of the molecule is N=C(N=C(N=Cc1c(-n2c3ccccc3c3cc4ccccc4cc32)c2ccccc2c2oc3ccccc3c12)c1ccccc1)c1ccccc1.N=C(N=C(N=Cc1c(Cl)c2ccccc2c2oc3ccccc3c12)c1ccccc1)c1ccccc1.c1ccc2cc3c(cc2c1)[nH]c1ccccc13. The Labute approximate surface area is 607 Å². The van der Waals surface area contributed by atoms with Gasteiger partial charge in [0.05, 0.1) is 21.7 Å². The number of amidine groups is 4. The summed E-state index contributed by atoms with van der Waals surface area (Å²) in [5.41, 5.74) is 13.5. The molecular formula is C94H61ClN8O2. The van der Waals surface area contributed by atoms with Gasteiger partial charge in [0.15, 0.2) is 23.3 Å². The van der Waals surface area contributed by atoms with Crippen LogP contribution in [0.1, 0.15) is 33.4 Å². The van der Waals surface area contributed by atoms with Gasteiger partial charge in [-0.15, -0.1) is 0 Å². The number of nitrogens with one attached hydrogen (secondary N) is 3. The van der Waals surface area contributed by atoms with Crippen molar-refractivity contribution in [1.82, 2.24) is 9.55 Å². The number of aliphatic imine (C=N–C) groups is 4. The number of benzene rings is 16. The molecule has 20 rings (SSSR count). The molecule has 0 saturated heterocycles. The van der Waals surface area contributed by atoms with Gasteiger partial charge in [0.1, 0.15) is 22.3 Å². The summed E-state index contributed by atoms with van der Waals surface area (Å²) in [7, 11) is 0. The summed E-state index contributed by atoms with van der Waals surface area (Å²) in [6, 6.07) is 114. The molecule has 4 aromatic heterocycles. The number of para-hydroxylation sites is 4. The molecule has 0 atom stereocenters. The fourth-order valence-corrected chi connectivity index (χ4v) is 14.8. The van der Waals surface area contributed by atoms with E-state index in [0.29, 0.717) is 22.3 Å². The predicted octanol–water partition coefficient (Wildman–Crippen LogP) is 24.6. The number of aromatic amines is 1. The Balaban J connectivity index is 0.000000127. The highest BCUT2D eigenvalue weighted by Crippen LogP contribution is 2.45. The maximum absolute atomic E-state index is 8.94. The lowest BCUT2D eigenvalue weighted by Crippen LogP contribution is -2.06.